The molecule has 0 bridgehead atoms. The largest absolute Gasteiger partial charge is 0.464 e. The summed E-state index contributed by atoms with van der Waals surface area (Å²) in [4.78, 5) is 87.9. The number of rotatable bonds is 19. The lowest BCUT2D eigenvalue weighted by Crippen LogP contribution is -2.43. The third-order valence-corrected chi connectivity index (χ3v) is 13.1. The maximum Gasteiger partial charge on any atom is 0.329 e. The van der Waals surface area contributed by atoms with Gasteiger partial charge in [0.15, 0.2) is 0 Å². The van der Waals surface area contributed by atoms with Gasteiger partial charge in [0.05, 0.1) is 58.8 Å². The lowest BCUT2D eigenvalue weighted by atomic mass is 10.0. The zero-order valence-electron chi connectivity index (χ0n) is 30.2. The molecule has 0 saturated heterocycles. The Morgan fingerprint density at radius 2 is 1.04 bits per heavy atom. The molecule has 4 rings (SSSR count). The highest BCUT2D eigenvalue weighted by molar-refractivity contribution is 8.82. The van der Waals surface area contributed by atoms with Crippen LogP contribution in [0.15, 0.2) is 60.7 Å². The summed E-state index contributed by atoms with van der Waals surface area (Å²) in [7, 11) is 3.83. The fourth-order valence-electron chi connectivity index (χ4n) is 4.88. The third-order valence-electron chi connectivity index (χ3n) is 7.69. The van der Waals surface area contributed by atoms with Crippen LogP contribution in [0.1, 0.15) is 34.6 Å². The molecule has 298 valence electrons. The van der Waals surface area contributed by atoms with Crippen molar-refractivity contribution in [1.82, 2.24) is 20.6 Å². The van der Waals surface area contributed by atoms with Crippen LogP contribution in [0.25, 0.3) is 33.2 Å². The number of esters is 2. The zero-order chi connectivity index (χ0) is 40.8. The van der Waals surface area contributed by atoms with E-state index in [9.17, 15) is 28.8 Å². The number of aromatic nitrogens is 2. The molecule has 14 nitrogen and oxygen atoms in total. The number of amides is 2. The molecular weight excluding hydrogens is 837 g/mol. The summed E-state index contributed by atoms with van der Waals surface area (Å²) in [6.45, 7) is 3.42. The molecule has 4 aromatic rings. The summed E-state index contributed by atoms with van der Waals surface area (Å²) in [5.74, 6) is -2.28. The normalized spacial score (nSPS) is 13.3. The standard InChI is InChI=1S/C36H40N6O8S6/c1-3-49-33(45)29(17-53-55-35(47)23(37)15-51)41-31(43)21-13-27(39-25-11-7-5-9-19(21)25)28-14-22(20-10-6-8-12-26(20)40-28)32(44)42-30(34(46)50-4-2)18-54-56-36(48)24(38)16-52/h5-14,23-24,29-30,51-52H,3-4,15-18,37-38H2,1-2H3,(H,41,43)(H,42,44)/t23-,24-,29?,30?/m0/s1. The molecule has 20 heteroatoms. The van der Waals surface area contributed by atoms with Crippen LogP contribution in [-0.2, 0) is 28.7 Å². The quantitative estimate of drug-likeness (QED) is 0.0443. The van der Waals surface area contributed by atoms with Gasteiger partial charge in [-0.2, -0.15) is 25.3 Å². The fraction of sp³-hybridized carbons (Fsp3) is 0.333. The SMILES string of the molecule is CCOC(=O)C(CSSC(=O)[C@@H](N)CS)NC(=O)c1cc(-c2cc(C(=O)NC(CSSC(=O)[C@@H](N)CS)C(=O)OCC)c3ccccc3n2)nc2ccccc12. The van der Waals surface area contributed by atoms with Crippen LogP contribution in [0.5, 0.6) is 0 Å². The second-order valence-electron chi connectivity index (χ2n) is 11.7. The first-order valence-electron chi connectivity index (χ1n) is 17.1. The second kappa shape index (κ2) is 22.4. The van der Waals surface area contributed by atoms with Crippen LogP contribution in [-0.4, -0.2) is 104 Å². The molecule has 6 N–H and O–H groups in total. The first-order chi connectivity index (χ1) is 26.9. The number of nitrogens with two attached hydrogens (primary N) is 2. The number of thiol groups is 2. The van der Waals surface area contributed by atoms with E-state index in [4.69, 9.17) is 30.9 Å². The van der Waals surface area contributed by atoms with Crippen LogP contribution < -0.4 is 22.1 Å². The zero-order valence-corrected chi connectivity index (χ0v) is 35.2. The van der Waals surface area contributed by atoms with Gasteiger partial charge in [-0.25, -0.2) is 19.6 Å². The number of fused-ring (bicyclic) bond motifs is 2. The molecule has 2 aromatic heterocycles. The van der Waals surface area contributed by atoms with Gasteiger partial charge in [-0.1, -0.05) is 58.0 Å². The van der Waals surface area contributed by atoms with E-state index < -0.39 is 47.9 Å². The van der Waals surface area contributed by atoms with Gasteiger partial charge in [-0.05, 0) is 59.7 Å². The molecule has 56 heavy (non-hydrogen) atoms. The van der Waals surface area contributed by atoms with Crippen LogP contribution >= 0.6 is 68.4 Å². The summed E-state index contributed by atoms with van der Waals surface area (Å²) in [6, 6.07) is 13.0. The van der Waals surface area contributed by atoms with E-state index in [-0.39, 0.29) is 69.0 Å². The first-order valence-corrected chi connectivity index (χ1v) is 23.0. The monoisotopic (exact) mass is 876 g/mol. The average molecular weight is 877 g/mol. The number of benzene rings is 2. The molecule has 0 fully saturated rings. The van der Waals surface area contributed by atoms with E-state index in [0.717, 1.165) is 43.2 Å². The van der Waals surface area contributed by atoms with Gasteiger partial charge < -0.3 is 31.6 Å². The van der Waals surface area contributed by atoms with Crippen molar-refractivity contribution >= 4 is 124 Å². The van der Waals surface area contributed by atoms with Crippen molar-refractivity contribution in [2.45, 2.75) is 38.0 Å². The van der Waals surface area contributed by atoms with Crippen LogP contribution in [0.4, 0.5) is 0 Å². The molecular formula is C36H40N6O8S6. The van der Waals surface area contributed by atoms with Crippen molar-refractivity contribution < 1.29 is 38.2 Å². The Hall–Kier alpha value is -3.50. The minimum atomic E-state index is -1.12. The van der Waals surface area contributed by atoms with E-state index in [1.165, 1.54) is 12.1 Å². The van der Waals surface area contributed by atoms with Crippen molar-refractivity contribution in [2.24, 2.45) is 11.5 Å². The molecule has 0 aliphatic rings. The maximum atomic E-state index is 14.0. The molecule has 0 aliphatic carbocycles. The number of nitrogens with zero attached hydrogens (tertiary/aromatic N) is 2. The molecule has 2 heterocycles. The van der Waals surface area contributed by atoms with Crippen molar-refractivity contribution in [3.05, 3.63) is 71.8 Å². The van der Waals surface area contributed by atoms with Gasteiger partial charge in [0, 0.05) is 33.8 Å². The van der Waals surface area contributed by atoms with E-state index in [1.54, 1.807) is 62.4 Å². The van der Waals surface area contributed by atoms with Crippen molar-refractivity contribution in [3.63, 3.8) is 0 Å². The van der Waals surface area contributed by atoms with Crippen LogP contribution in [0, 0.1) is 0 Å². The molecule has 0 saturated carbocycles. The number of hydrogen-bond donors (Lipinski definition) is 6. The van der Waals surface area contributed by atoms with Gasteiger partial charge in [0.2, 0.25) is 10.2 Å². The number of para-hydroxylation sites is 2. The van der Waals surface area contributed by atoms with Crippen molar-refractivity contribution in [2.75, 3.05) is 36.2 Å². The summed E-state index contributed by atoms with van der Waals surface area (Å²) < 4.78 is 10.4. The molecule has 2 aromatic carbocycles. The van der Waals surface area contributed by atoms with Crippen molar-refractivity contribution in [3.8, 4) is 11.4 Å². The van der Waals surface area contributed by atoms with Gasteiger partial charge in [-0.3, -0.25) is 19.2 Å². The Bertz CT molecular complexity index is 1930. The van der Waals surface area contributed by atoms with E-state index in [2.05, 4.69) is 35.9 Å². The Morgan fingerprint density at radius 1 is 0.661 bits per heavy atom. The van der Waals surface area contributed by atoms with Crippen LogP contribution in [0.2, 0.25) is 0 Å². The van der Waals surface area contributed by atoms with Gasteiger partial charge >= 0.3 is 11.9 Å². The number of nitrogens with one attached hydrogen (secondary N) is 2. The Morgan fingerprint density at radius 3 is 1.39 bits per heavy atom. The average Bonchev–Trinajstić information content (AvgIpc) is 3.21. The van der Waals surface area contributed by atoms with E-state index in [0.29, 0.717) is 21.8 Å². The number of hydrogen-bond acceptors (Lipinski definition) is 18. The lowest BCUT2D eigenvalue weighted by Gasteiger charge is -2.19. The molecule has 4 atom stereocenters. The number of carbonyl (C=O) groups excluding carboxylic acids is 6. The smallest absolute Gasteiger partial charge is 0.329 e. The topological polar surface area (TPSA) is 223 Å². The summed E-state index contributed by atoms with van der Waals surface area (Å²) in [6.07, 6.45) is 0. The van der Waals surface area contributed by atoms with Crippen molar-refractivity contribution in [1.29, 1.82) is 0 Å². The molecule has 0 aliphatic heterocycles. The maximum absolute atomic E-state index is 14.0. The van der Waals surface area contributed by atoms with E-state index >= 15 is 0 Å². The number of pyridine rings is 2. The summed E-state index contributed by atoms with van der Waals surface area (Å²) >= 11 is 8.10. The van der Waals surface area contributed by atoms with E-state index in [1.807, 2.05) is 0 Å². The Kier molecular flexibility index (Phi) is 18.1. The second-order valence-corrected chi connectivity index (χ2v) is 17.1. The highest BCUT2D eigenvalue weighted by Crippen LogP contribution is 2.30. The number of ether oxygens (including phenoxy) is 2. The Balaban J connectivity index is 1.69. The minimum absolute atomic E-state index is 0.00430. The predicted octanol–water partition coefficient (Wildman–Crippen LogP) is 4.10. The van der Waals surface area contributed by atoms with Gasteiger partial charge in [-0.15, -0.1) is 0 Å². The molecule has 0 spiro atoms. The van der Waals surface area contributed by atoms with Gasteiger partial charge in [0.1, 0.15) is 12.1 Å². The fourth-order valence-corrected chi connectivity index (χ4v) is 9.61. The molecule has 2 amide bonds. The molecule has 0 radical (unpaired) electrons. The van der Waals surface area contributed by atoms with Gasteiger partial charge in [0.25, 0.3) is 11.8 Å². The minimum Gasteiger partial charge on any atom is -0.464 e. The first kappa shape index (κ1) is 45.2. The Labute approximate surface area is 349 Å². The highest BCUT2D eigenvalue weighted by Gasteiger charge is 2.28. The predicted molar refractivity (Wildman–Crippen MR) is 232 cm³/mol. The lowest BCUT2D eigenvalue weighted by molar-refractivity contribution is -0.145. The summed E-state index contributed by atoms with van der Waals surface area (Å²) in [5, 5.41) is 5.80. The van der Waals surface area contributed by atoms with Crippen LogP contribution in [0.3, 0.4) is 0 Å². The summed E-state index contributed by atoms with van der Waals surface area (Å²) in [5.41, 5.74) is 13.2. The molecule has 2 unspecified atom stereocenters. The third kappa shape index (κ3) is 12.3. The number of carbonyl (C=O) groups is 6. The highest BCUT2D eigenvalue weighted by atomic mass is 33.1.